The van der Waals surface area contributed by atoms with Gasteiger partial charge in [0.1, 0.15) is 24.6 Å². The van der Waals surface area contributed by atoms with Crippen molar-refractivity contribution in [3.8, 4) is 0 Å². The monoisotopic (exact) mass is 573 g/mol. The molecule has 2 aliphatic rings. The molecule has 1 saturated heterocycles. The Kier molecular flexibility index (Phi) is 11.0. The van der Waals surface area contributed by atoms with Gasteiger partial charge in [0.05, 0.1) is 35.6 Å². The van der Waals surface area contributed by atoms with Gasteiger partial charge in [-0.15, -0.1) is 11.3 Å². The fourth-order valence-electron chi connectivity index (χ4n) is 5.28. The molecule has 0 saturated carbocycles. The van der Waals surface area contributed by atoms with E-state index in [0.29, 0.717) is 25.7 Å². The van der Waals surface area contributed by atoms with Crippen LogP contribution >= 0.6 is 11.3 Å². The van der Waals surface area contributed by atoms with Crippen LogP contribution in [0, 0.1) is 17.3 Å². The summed E-state index contributed by atoms with van der Waals surface area (Å²) in [4.78, 5) is 55.1. The Balaban J connectivity index is 1.95. The van der Waals surface area contributed by atoms with Crippen LogP contribution in [0.25, 0.3) is 6.08 Å². The van der Waals surface area contributed by atoms with Gasteiger partial charge in [0.25, 0.3) is 0 Å². The Labute approximate surface area is 239 Å². The van der Waals surface area contributed by atoms with E-state index in [0.717, 1.165) is 22.9 Å². The number of aliphatic hydroxyl groups excluding tert-OH is 1. The van der Waals surface area contributed by atoms with E-state index in [1.54, 1.807) is 19.4 Å². The Morgan fingerprint density at radius 3 is 2.70 bits per heavy atom. The molecule has 40 heavy (non-hydrogen) atoms. The molecule has 1 N–H and O–H groups in total. The number of nitrogens with zero attached hydrogens (tertiary/aromatic N) is 1. The summed E-state index contributed by atoms with van der Waals surface area (Å²) < 4.78 is 16.6. The minimum Gasteiger partial charge on any atom is -0.461 e. The molecular formula is C30H39NO8S. The number of cyclic esters (lactones) is 1. The third kappa shape index (κ3) is 7.97. The number of carbonyl (C=O) groups excluding carboxylic acids is 4. The molecule has 0 aliphatic carbocycles. The van der Waals surface area contributed by atoms with Crippen molar-refractivity contribution in [3.05, 3.63) is 46.5 Å². The van der Waals surface area contributed by atoms with Crippen molar-refractivity contribution in [2.75, 3.05) is 6.61 Å². The molecule has 2 aliphatic heterocycles. The number of ether oxygens (including phenoxy) is 3. The number of aromatic nitrogens is 1. The summed E-state index contributed by atoms with van der Waals surface area (Å²) in [6.07, 6.45) is 4.01. The highest BCUT2D eigenvalue weighted by molar-refractivity contribution is 7.07. The van der Waals surface area contributed by atoms with Crippen LogP contribution in [-0.4, -0.2) is 58.7 Å². The first-order valence-electron chi connectivity index (χ1n) is 13.6. The highest BCUT2D eigenvalue weighted by Gasteiger charge is 2.53. The largest absolute Gasteiger partial charge is 0.461 e. The molecule has 0 aromatic carbocycles. The molecule has 9 nitrogen and oxygen atoms in total. The molecular weight excluding hydrogens is 534 g/mol. The van der Waals surface area contributed by atoms with Crippen LogP contribution < -0.4 is 0 Å². The molecule has 0 radical (unpaired) electrons. The van der Waals surface area contributed by atoms with Crippen LogP contribution in [0.4, 0.5) is 0 Å². The van der Waals surface area contributed by atoms with Gasteiger partial charge in [-0.05, 0) is 56.3 Å². The second-order valence-corrected chi connectivity index (χ2v) is 11.7. The summed E-state index contributed by atoms with van der Waals surface area (Å²) in [6.45, 7) is 10.5. The molecule has 0 amide bonds. The maximum Gasteiger partial charge on any atom is 0.330 e. The van der Waals surface area contributed by atoms with E-state index in [4.69, 9.17) is 14.2 Å². The first-order chi connectivity index (χ1) is 18.9. The zero-order chi connectivity index (χ0) is 29.4. The fraction of sp³-hybridized carbons (Fsp3) is 0.567. The van der Waals surface area contributed by atoms with E-state index < -0.39 is 47.6 Å². The number of fused-ring (bicyclic) bond motifs is 1. The standard InChI is InChI=1S/C30H39NO8S/c1-6-25(32)37-15-21-9-7-8-18(2)28(35)20(4)29(36)30(5)14-27(34)39-24(30)13-26(33)38-23(11-10-21)19(3)12-22-16-40-17-31-22/h6,10,12,16-18,20,23-24,28,35H,1,7-9,11,13-15H2,2-5H3/b19-12+,21-10+/t18-,20+,23-,24-,28-,30+/m0/s1. The Hall–Kier alpha value is -3.11. The number of hydrogen-bond acceptors (Lipinski definition) is 10. The lowest BCUT2D eigenvalue weighted by Gasteiger charge is -2.33. The predicted molar refractivity (Wildman–Crippen MR) is 150 cm³/mol. The first kappa shape index (κ1) is 31.4. The topological polar surface area (TPSA) is 129 Å². The van der Waals surface area contributed by atoms with Gasteiger partial charge in [-0.1, -0.05) is 26.5 Å². The molecule has 0 spiro atoms. The lowest BCUT2D eigenvalue weighted by atomic mass is 9.71. The Morgan fingerprint density at radius 1 is 1.27 bits per heavy atom. The zero-order valence-electron chi connectivity index (χ0n) is 23.6. The SMILES string of the molecule is C=CC(=O)OC/C1=C/C[C@@H](/C(C)=C/c2cscn2)OC(=O)C[C@@H]2OC(=O)C[C@@]2(C)C(=O)[C@H](C)[C@@H](O)[C@@H](C)CCC1. The second-order valence-electron chi connectivity index (χ2n) is 11.0. The van der Waals surface area contributed by atoms with Gasteiger partial charge in [-0.3, -0.25) is 14.4 Å². The zero-order valence-corrected chi connectivity index (χ0v) is 24.4. The van der Waals surface area contributed by atoms with Gasteiger partial charge in [0, 0.05) is 23.8 Å². The molecule has 0 unspecified atom stereocenters. The lowest BCUT2D eigenvalue weighted by molar-refractivity contribution is -0.155. The number of thiazole rings is 1. The highest BCUT2D eigenvalue weighted by atomic mass is 32.1. The number of hydrogen-bond donors (Lipinski definition) is 1. The molecule has 6 atom stereocenters. The van der Waals surface area contributed by atoms with Gasteiger partial charge in [-0.25, -0.2) is 9.78 Å². The molecule has 1 fully saturated rings. The van der Waals surface area contributed by atoms with Crippen molar-refractivity contribution in [1.82, 2.24) is 4.98 Å². The molecule has 0 bridgehead atoms. The van der Waals surface area contributed by atoms with Gasteiger partial charge in [-0.2, -0.15) is 0 Å². The number of esters is 3. The van der Waals surface area contributed by atoms with Crippen molar-refractivity contribution < 1.29 is 38.5 Å². The summed E-state index contributed by atoms with van der Waals surface area (Å²) >= 11 is 1.45. The Bertz CT molecular complexity index is 1160. The fourth-order valence-corrected chi connectivity index (χ4v) is 5.79. The molecule has 3 rings (SSSR count). The van der Waals surface area contributed by atoms with E-state index in [-0.39, 0.29) is 31.1 Å². The lowest BCUT2D eigenvalue weighted by Crippen LogP contribution is -2.45. The van der Waals surface area contributed by atoms with Gasteiger partial charge in [0.2, 0.25) is 0 Å². The van der Waals surface area contributed by atoms with Crippen molar-refractivity contribution in [1.29, 1.82) is 0 Å². The Morgan fingerprint density at radius 2 is 2.02 bits per heavy atom. The minimum atomic E-state index is -1.25. The number of ketones is 1. The number of carbonyl (C=O) groups is 4. The number of Topliss-reactive ketones (excluding diaryl/α,β-unsaturated/α-hetero) is 1. The smallest absolute Gasteiger partial charge is 0.330 e. The van der Waals surface area contributed by atoms with Gasteiger partial charge in [0.15, 0.2) is 0 Å². The summed E-state index contributed by atoms with van der Waals surface area (Å²) in [5.41, 5.74) is 2.79. The van der Waals surface area contributed by atoms with Crippen LogP contribution in [0.15, 0.2) is 40.8 Å². The maximum absolute atomic E-state index is 13.6. The van der Waals surface area contributed by atoms with Crippen molar-refractivity contribution in [2.24, 2.45) is 17.3 Å². The third-order valence-electron chi connectivity index (χ3n) is 7.87. The van der Waals surface area contributed by atoms with Crippen LogP contribution in [0.2, 0.25) is 0 Å². The molecule has 1 aromatic heterocycles. The molecule has 1 aromatic rings. The van der Waals surface area contributed by atoms with Crippen LogP contribution in [-0.2, 0) is 33.4 Å². The van der Waals surface area contributed by atoms with Crippen LogP contribution in [0.1, 0.15) is 71.9 Å². The van der Waals surface area contributed by atoms with Gasteiger partial charge < -0.3 is 19.3 Å². The van der Waals surface area contributed by atoms with Crippen molar-refractivity contribution in [2.45, 2.75) is 84.5 Å². The maximum atomic E-state index is 13.6. The van der Waals surface area contributed by atoms with Crippen LogP contribution in [0.5, 0.6) is 0 Å². The molecule has 10 heteroatoms. The third-order valence-corrected chi connectivity index (χ3v) is 8.48. The van der Waals surface area contributed by atoms with E-state index in [9.17, 15) is 24.3 Å². The van der Waals surface area contributed by atoms with E-state index in [2.05, 4.69) is 11.6 Å². The van der Waals surface area contributed by atoms with Crippen molar-refractivity contribution in [3.63, 3.8) is 0 Å². The first-order valence-corrected chi connectivity index (χ1v) is 14.5. The van der Waals surface area contributed by atoms with Crippen molar-refractivity contribution >= 4 is 41.1 Å². The summed E-state index contributed by atoms with van der Waals surface area (Å²) in [6, 6.07) is 0. The minimum absolute atomic E-state index is 0.0581. The quantitative estimate of drug-likeness (QED) is 0.232. The van der Waals surface area contributed by atoms with Gasteiger partial charge >= 0.3 is 17.9 Å². The van der Waals surface area contributed by atoms with E-state index >= 15 is 0 Å². The number of rotatable bonds is 5. The summed E-state index contributed by atoms with van der Waals surface area (Å²) in [7, 11) is 0. The normalized spacial score (nSPS) is 32.3. The summed E-state index contributed by atoms with van der Waals surface area (Å²) in [5.74, 6) is -2.99. The average Bonchev–Trinajstić information content (AvgIpc) is 3.53. The van der Waals surface area contributed by atoms with E-state index in [1.807, 2.05) is 31.4 Å². The number of aliphatic hydroxyl groups is 1. The molecule has 218 valence electrons. The second kappa shape index (κ2) is 14.0. The predicted octanol–water partition coefficient (Wildman–Crippen LogP) is 4.60. The van der Waals surface area contributed by atoms with Crippen LogP contribution in [0.3, 0.4) is 0 Å². The average molecular weight is 574 g/mol. The summed E-state index contributed by atoms with van der Waals surface area (Å²) in [5, 5.41) is 12.9. The highest BCUT2D eigenvalue weighted by Crippen LogP contribution is 2.41. The van der Waals surface area contributed by atoms with E-state index in [1.165, 1.54) is 11.3 Å². The molecule has 3 heterocycles.